The molecule has 0 radical (unpaired) electrons. The molecule has 2 amide bonds. The average Bonchev–Trinajstić information content (AvgIpc) is 4.03. The van der Waals surface area contributed by atoms with Crippen LogP contribution in [0.15, 0.2) is 91.0 Å². The Labute approximate surface area is 303 Å². The van der Waals surface area contributed by atoms with E-state index in [4.69, 9.17) is 9.97 Å². The van der Waals surface area contributed by atoms with E-state index in [9.17, 15) is 9.59 Å². The van der Waals surface area contributed by atoms with Crippen LogP contribution in [0.2, 0.25) is 0 Å². The SMILES string of the molecule is C[C@H]1CC[C@H]2CC[C@@H](c3nc4cc(-c5ccc(-c6ccc7[nH]c(C8[C@@H]9CC[C@@H](C9)N8C(=O)[C@H](C)c8ccccc8)nc7c6)cc5)ccc4[nH]3)N2C1=O. The highest BCUT2D eigenvalue weighted by Crippen LogP contribution is 2.51. The van der Waals surface area contributed by atoms with Crippen LogP contribution in [0.25, 0.3) is 44.3 Å². The predicted octanol–water partition coefficient (Wildman–Crippen LogP) is 9.09. The van der Waals surface area contributed by atoms with Crippen molar-refractivity contribution < 1.29 is 9.59 Å². The predicted molar refractivity (Wildman–Crippen MR) is 203 cm³/mol. The van der Waals surface area contributed by atoms with Crippen molar-refractivity contribution in [1.29, 1.82) is 0 Å². The summed E-state index contributed by atoms with van der Waals surface area (Å²) < 4.78 is 0. The number of carbonyl (C=O) groups is 2. The quantitative estimate of drug-likeness (QED) is 0.182. The van der Waals surface area contributed by atoms with Gasteiger partial charge in [0, 0.05) is 18.0 Å². The molecule has 0 spiro atoms. The first-order valence-electron chi connectivity index (χ1n) is 19.2. The Morgan fingerprint density at radius 1 is 0.712 bits per heavy atom. The number of nitrogens with one attached hydrogen (secondary N) is 2. The van der Waals surface area contributed by atoms with Crippen LogP contribution in [0.5, 0.6) is 0 Å². The lowest BCUT2D eigenvalue weighted by molar-refractivity contribution is -0.141. The molecule has 4 fully saturated rings. The number of nitrogens with zero attached hydrogens (tertiary/aromatic N) is 4. The Bertz CT molecular complexity index is 2330. The minimum atomic E-state index is -0.184. The summed E-state index contributed by atoms with van der Waals surface area (Å²) in [5.74, 6) is 2.65. The molecule has 3 aliphatic heterocycles. The number of H-pyrrole nitrogens is 2. The summed E-state index contributed by atoms with van der Waals surface area (Å²) in [7, 11) is 0. The van der Waals surface area contributed by atoms with E-state index in [1.165, 1.54) is 0 Å². The van der Waals surface area contributed by atoms with E-state index in [1.54, 1.807) is 0 Å². The first-order chi connectivity index (χ1) is 25.4. The van der Waals surface area contributed by atoms with Gasteiger partial charge in [0.1, 0.15) is 11.6 Å². The van der Waals surface area contributed by atoms with Crippen molar-refractivity contribution in [3.63, 3.8) is 0 Å². The molecule has 8 nitrogen and oxygen atoms in total. The van der Waals surface area contributed by atoms with Crippen molar-refractivity contribution in [3.8, 4) is 22.3 Å². The Morgan fingerprint density at radius 2 is 1.31 bits per heavy atom. The second kappa shape index (κ2) is 12.2. The number of aromatic amines is 2. The Hall–Kier alpha value is -5.24. The smallest absolute Gasteiger partial charge is 0.230 e. The van der Waals surface area contributed by atoms with Gasteiger partial charge >= 0.3 is 0 Å². The van der Waals surface area contributed by atoms with Crippen LogP contribution in [0, 0.1) is 11.8 Å². The van der Waals surface area contributed by atoms with Gasteiger partial charge in [-0.1, -0.05) is 73.7 Å². The highest BCUT2D eigenvalue weighted by Gasteiger charge is 2.50. The molecule has 2 bridgehead atoms. The van der Waals surface area contributed by atoms with Crippen LogP contribution in [0.1, 0.15) is 94.0 Å². The molecule has 4 aliphatic rings. The lowest BCUT2D eigenvalue weighted by Crippen LogP contribution is -2.44. The molecule has 2 N–H and O–H groups in total. The molecular formula is C44H44N6O2. The zero-order valence-electron chi connectivity index (χ0n) is 29.8. The maximum Gasteiger partial charge on any atom is 0.230 e. The molecular weight excluding hydrogens is 645 g/mol. The summed E-state index contributed by atoms with van der Waals surface area (Å²) in [4.78, 5) is 48.6. The standard InChI is InChI=1S/C44H44N6O2/c1-25-8-16-33-18-21-39(49(33)43(25)51)41-45-35-19-14-30(23-37(35)47-41)28-9-11-29(12-10-28)31-15-20-36-38(24-31)48-42(46-36)40-32-13-17-34(22-32)50(40)44(52)26(2)27-6-4-3-5-7-27/h3-7,9-12,14-15,19-20,23-26,32-34,39-40H,8,13,16-18,21-22H2,1-2H3,(H,45,47)(H,46,48)/t25-,26+,32+,33-,34-,39-,40?/m0/s1. The molecule has 7 atom stereocenters. The lowest BCUT2D eigenvalue weighted by atomic mass is 9.94. The normalized spacial score (nSPS) is 26.1. The first-order valence-corrected chi connectivity index (χ1v) is 19.2. The van der Waals surface area contributed by atoms with Gasteiger partial charge in [-0.2, -0.15) is 0 Å². The molecule has 3 saturated heterocycles. The van der Waals surface area contributed by atoms with Gasteiger partial charge in [-0.05, 0) is 110 Å². The number of piperidine rings is 2. The molecule has 2 aromatic heterocycles. The summed E-state index contributed by atoms with van der Waals surface area (Å²) in [5, 5.41) is 0. The van der Waals surface area contributed by atoms with E-state index >= 15 is 0 Å². The fourth-order valence-corrected chi connectivity index (χ4v) is 9.92. The van der Waals surface area contributed by atoms with Crippen molar-refractivity contribution >= 4 is 33.9 Å². The lowest BCUT2D eigenvalue weighted by Gasteiger charge is -2.36. The molecule has 4 aromatic carbocycles. The zero-order chi connectivity index (χ0) is 35.1. The summed E-state index contributed by atoms with van der Waals surface area (Å²) in [5.41, 5.74) is 9.41. The average molecular weight is 689 g/mol. The number of carbonyl (C=O) groups excluding carboxylic acids is 2. The van der Waals surface area contributed by atoms with Gasteiger partial charge in [0.15, 0.2) is 0 Å². The largest absolute Gasteiger partial charge is 0.340 e. The Balaban J connectivity index is 0.887. The molecule has 1 saturated carbocycles. The van der Waals surface area contributed by atoms with Crippen molar-refractivity contribution in [2.24, 2.45) is 11.8 Å². The number of hydrogen-bond acceptors (Lipinski definition) is 4. The van der Waals surface area contributed by atoms with Gasteiger partial charge in [0.05, 0.1) is 40.1 Å². The van der Waals surface area contributed by atoms with E-state index in [0.717, 1.165) is 106 Å². The van der Waals surface area contributed by atoms with Crippen LogP contribution in [0.4, 0.5) is 0 Å². The fourth-order valence-electron chi connectivity index (χ4n) is 9.92. The minimum absolute atomic E-state index is 0.0125. The fraction of sp³-hybridized carbons (Fsp3) is 0.364. The van der Waals surface area contributed by atoms with Crippen LogP contribution in [-0.4, -0.2) is 53.6 Å². The third-order valence-electron chi connectivity index (χ3n) is 12.8. The molecule has 10 rings (SSSR count). The summed E-state index contributed by atoms with van der Waals surface area (Å²) >= 11 is 0. The van der Waals surface area contributed by atoms with E-state index < -0.39 is 0 Å². The highest BCUT2D eigenvalue weighted by molar-refractivity contribution is 5.87. The molecule has 6 aromatic rings. The maximum atomic E-state index is 14.0. The molecule has 1 unspecified atom stereocenters. The number of benzene rings is 4. The van der Waals surface area contributed by atoms with Crippen LogP contribution in [-0.2, 0) is 9.59 Å². The van der Waals surface area contributed by atoms with Gasteiger partial charge in [-0.3, -0.25) is 9.59 Å². The summed E-state index contributed by atoms with van der Waals surface area (Å²) in [6.07, 6.45) is 7.39. The summed E-state index contributed by atoms with van der Waals surface area (Å²) in [6.45, 7) is 4.09. The van der Waals surface area contributed by atoms with Crippen molar-refractivity contribution in [1.82, 2.24) is 29.7 Å². The first kappa shape index (κ1) is 31.5. The number of fused-ring (bicyclic) bond motifs is 5. The second-order valence-electron chi connectivity index (χ2n) is 15.8. The van der Waals surface area contributed by atoms with Gasteiger partial charge in [0.2, 0.25) is 11.8 Å². The van der Waals surface area contributed by atoms with Crippen LogP contribution < -0.4 is 0 Å². The van der Waals surface area contributed by atoms with Gasteiger partial charge in [-0.25, -0.2) is 9.97 Å². The monoisotopic (exact) mass is 688 g/mol. The number of rotatable bonds is 6. The van der Waals surface area contributed by atoms with Gasteiger partial charge < -0.3 is 19.8 Å². The zero-order valence-corrected chi connectivity index (χ0v) is 29.8. The molecule has 8 heteroatoms. The molecule has 5 heterocycles. The number of amides is 2. The summed E-state index contributed by atoms with van der Waals surface area (Å²) in [6, 6.07) is 32.3. The number of hydrogen-bond donors (Lipinski definition) is 2. The molecule has 262 valence electrons. The van der Waals surface area contributed by atoms with Gasteiger partial charge in [0.25, 0.3) is 0 Å². The molecule has 52 heavy (non-hydrogen) atoms. The number of aromatic nitrogens is 4. The van der Waals surface area contributed by atoms with E-state index in [0.29, 0.717) is 12.0 Å². The van der Waals surface area contributed by atoms with Crippen LogP contribution in [0.3, 0.4) is 0 Å². The second-order valence-corrected chi connectivity index (χ2v) is 15.8. The number of imidazole rings is 2. The van der Waals surface area contributed by atoms with E-state index in [-0.39, 0.29) is 41.8 Å². The van der Waals surface area contributed by atoms with Crippen molar-refractivity contribution in [2.45, 2.75) is 88.9 Å². The number of likely N-dealkylation sites (tertiary alicyclic amines) is 1. The van der Waals surface area contributed by atoms with Gasteiger partial charge in [-0.15, -0.1) is 0 Å². The van der Waals surface area contributed by atoms with E-state index in [2.05, 4.69) is 99.5 Å². The Kier molecular flexibility index (Phi) is 7.38. The third-order valence-corrected chi connectivity index (χ3v) is 12.8. The van der Waals surface area contributed by atoms with Crippen molar-refractivity contribution in [2.75, 3.05) is 0 Å². The Morgan fingerprint density at radius 3 is 2.00 bits per heavy atom. The minimum Gasteiger partial charge on any atom is -0.340 e. The maximum absolute atomic E-state index is 14.0. The molecule has 1 aliphatic carbocycles. The topological polar surface area (TPSA) is 98.0 Å². The van der Waals surface area contributed by atoms with Crippen molar-refractivity contribution in [3.05, 3.63) is 108 Å². The third kappa shape index (κ3) is 5.09. The van der Waals surface area contributed by atoms with Crippen LogP contribution >= 0.6 is 0 Å². The van der Waals surface area contributed by atoms with E-state index in [1.807, 2.05) is 25.1 Å². The highest BCUT2D eigenvalue weighted by atomic mass is 16.2.